The van der Waals surface area contributed by atoms with Gasteiger partial charge < -0.3 is 15.6 Å². The van der Waals surface area contributed by atoms with Crippen molar-refractivity contribution in [3.05, 3.63) is 24.0 Å². The van der Waals surface area contributed by atoms with Crippen molar-refractivity contribution < 1.29 is 14.2 Å². The van der Waals surface area contributed by atoms with Crippen molar-refractivity contribution in [2.75, 3.05) is 5.73 Å². The summed E-state index contributed by atoms with van der Waals surface area (Å²) in [7, 11) is 0. The van der Waals surface area contributed by atoms with Crippen molar-refractivity contribution in [1.29, 1.82) is 0 Å². The Kier molecular flexibility index (Phi) is 3.29. The van der Waals surface area contributed by atoms with Gasteiger partial charge in [0.2, 0.25) is 0 Å². The average Bonchev–Trinajstić information content (AvgIpc) is 2.27. The number of aliphatic hydroxyl groups is 1. The fourth-order valence-corrected chi connectivity index (χ4v) is 1.99. The quantitative estimate of drug-likeness (QED) is 0.758. The van der Waals surface area contributed by atoms with Crippen molar-refractivity contribution in [2.24, 2.45) is 0 Å². The molecule has 0 spiro atoms. The number of rotatable bonds is 2. The van der Waals surface area contributed by atoms with Crippen molar-refractivity contribution in [3.63, 3.8) is 0 Å². The minimum absolute atomic E-state index is 0.266. The Morgan fingerprint density at radius 2 is 2.06 bits per heavy atom. The minimum atomic E-state index is -0.476. The number of anilines is 1. The molecule has 1 aromatic rings. The summed E-state index contributed by atoms with van der Waals surface area (Å²) >= 11 is 0. The van der Waals surface area contributed by atoms with E-state index in [2.05, 4.69) is 0 Å². The highest BCUT2D eigenvalue weighted by Gasteiger charge is 2.25. The maximum Gasteiger partial charge on any atom is 0.145 e. The third-order valence-corrected chi connectivity index (χ3v) is 2.92. The normalized spacial score (nSPS) is 25.4. The van der Waals surface area contributed by atoms with Crippen LogP contribution in [0.5, 0.6) is 5.75 Å². The van der Waals surface area contributed by atoms with E-state index < -0.39 is 6.10 Å². The van der Waals surface area contributed by atoms with E-state index in [0.717, 1.165) is 25.7 Å². The SMILES string of the molecule is Nc1ccc(F)cc1O[C@H]1CCCC[C@H]1O. The summed E-state index contributed by atoms with van der Waals surface area (Å²) in [6.45, 7) is 0. The fourth-order valence-electron chi connectivity index (χ4n) is 1.99. The van der Waals surface area contributed by atoms with Gasteiger partial charge in [-0.05, 0) is 31.4 Å². The first kappa shape index (κ1) is 11.2. The van der Waals surface area contributed by atoms with Gasteiger partial charge in [0.05, 0.1) is 11.8 Å². The first-order valence-electron chi connectivity index (χ1n) is 5.56. The van der Waals surface area contributed by atoms with Gasteiger partial charge in [0, 0.05) is 6.07 Å². The average molecular weight is 225 g/mol. The van der Waals surface area contributed by atoms with Crippen molar-refractivity contribution >= 4 is 5.69 Å². The number of hydrogen-bond donors (Lipinski definition) is 2. The van der Waals surface area contributed by atoms with Crippen molar-refractivity contribution in [1.82, 2.24) is 0 Å². The molecule has 0 aromatic heterocycles. The van der Waals surface area contributed by atoms with Crippen molar-refractivity contribution in [2.45, 2.75) is 37.9 Å². The molecule has 1 aliphatic rings. The van der Waals surface area contributed by atoms with Crippen LogP contribution in [-0.2, 0) is 0 Å². The van der Waals surface area contributed by atoms with E-state index in [4.69, 9.17) is 10.5 Å². The minimum Gasteiger partial charge on any atom is -0.485 e. The smallest absolute Gasteiger partial charge is 0.145 e. The summed E-state index contributed by atoms with van der Waals surface area (Å²) in [5.74, 6) is -0.0551. The van der Waals surface area contributed by atoms with E-state index in [1.165, 1.54) is 18.2 Å². The van der Waals surface area contributed by atoms with Crippen LogP contribution in [0.4, 0.5) is 10.1 Å². The van der Waals surface area contributed by atoms with E-state index in [1.54, 1.807) is 0 Å². The van der Waals surface area contributed by atoms with Crippen LogP contribution >= 0.6 is 0 Å². The molecular formula is C12H16FNO2. The first-order valence-corrected chi connectivity index (χ1v) is 5.56. The number of aliphatic hydroxyl groups excluding tert-OH is 1. The van der Waals surface area contributed by atoms with Crippen LogP contribution in [-0.4, -0.2) is 17.3 Å². The number of benzene rings is 1. The van der Waals surface area contributed by atoms with Crippen LogP contribution in [0.15, 0.2) is 18.2 Å². The molecule has 0 heterocycles. The third kappa shape index (κ3) is 2.44. The number of ether oxygens (including phenoxy) is 1. The Labute approximate surface area is 94.0 Å². The van der Waals surface area contributed by atoms with Gasteiger partial charge in [0.25, 0.3) is 0 Å². The Balaban J connectivity index is 2.10. The predicted octanol–water partition coefficient (Wildman–Crippen LogP) is 2.09. The third-order valence-electron chi connectivity index (χ3n) is 2.92. The zero-order chi connectivity index (χ0) is 11.5. The molecule has 2 rings (SSSR count). The van der Waals surface area contributed by atoms with Crippen LogP contribution in [0.1, 0.15) is 25.7 Å². The molecule has 0 unspecified atom stereocenters. The van der Waals surface area contributed by atoms with Crippen LogP contribution < -0.4 is 10.5 Å². The van der Waals surface area contributed by atoms with Crippen LogP contribution in [0.2, 0.25) is 0 Å². The zero-order valence-corrected chi connectivity index (χ0v) is 9.03. The van der Waals surface area contributed by atoms with Gasteiger partial charge >= 0.3 is 0 Å². The monoisotopic (exact) mass is 225 g/mol. The second-order valence-corrected chi connectivity index (χ2v) is 4.19. The number of hydrogen-bond acceptors (Lipinski definition) is 3. The summed E-state index contributed by atoms with van der Waals surface area (Å²) in [5, 5.41) is 9.73. The molecule has 1 fully saturated rings. The van der Waals surface area contributed by atoms with Crippen LogP contribution in [0.3, 0.4) is 0 Å². The molecule has 88 valence electrons. The van der Waals surface area contributed by atoms with E-state index in [9.17, 15) is 9.50 Å². The lowest BCUT2D eigenvalue weighted by Crippen LogP contribution is -2.34. The molecule has 1 saturated carbocycles. The highest BCUT2D eigenvalue weighted by atomic mass is 19.1. The van der Waals surface area contributed by atoms with Crippen LogP contribution in [0.25, 0.3) is 0 Å². The summed E-state index contributed by atoms with van der Waals surface area (Å²) in [5.41, 5.74) is 6.08. The topological polar surface area (TPSA) is 55.5 Å². The molecule has 0 amide bonds. The Morgan fingerprint density at radius 3 is 2.81 bits per heavy atom. The van der Waals surface area contributed by atoms with Crippen molar-refractivity contribution in [3.8, 4) is 5.75 Å². The molecule has 0 saturated heterocycles. The maximum absolute atomic E-state index is 13.0. The van der Waals surface area contributed by atoms with E-state index in [-0.39, 0.29) is 11.9 Å². The molecule has 16 heavy (non-hydrogen) atoms. The largest absolute Gasteiger partial charge is 0.485 e. The summed E-state index contributed by atoms with van der Waals surface area (Å²) in [6, 6.07) is 4.02. The molecule has 1 aromatic carbocycles. The molecular weight excluding hydrogens is 209 g/mol. The molecule has 0 bridgehead atoms. The highest BCUT2D eigenvalue weighted by molar-refractivity contribution is 5.52. The molecule has 4 heteroatoms. The van der Waals surface area contributed by atoms with E-state index in [1.807, 2.05) is 0 Å². The maximum atomic E-state index is 13.0. The molecule has 0 radical (unpaired) electrons. The molecule has 2 atom stereocenters. The summed E-state index contributed by atoms with van der Waals surface area (Å²) < 4.78 is 18.6. The highest BCUT2D eigenvalue weighted by Crippen LogP contribution is 2.28. The predicted molar refractivity (Wildman–Crippen MR) is 59.7 cm³/mol. The number of halogens is 1. The molecule has 1 aliphatic carbocycles. The molecule has 3 N–H and O–H groups in total. The standard InChI is InChI=1S/C12H16FNO2/c13-8-5-6-9(14)12(7-8)16-11-4-2-1-3-10(11)15/h5-7,10-11,15H,1-4,14H2/t10-,11+/m1/s1. The van der Waals surface area contributed by atoms with Gasteiger partial charge in [0.1, 0.15) is 17.7 Å². The van der Waals surface area contributed by atoms with E-state index >= 15 is 0 Å². The zero-order valence-electron chi connectivity index (χ0n) is 9.03. The summed E-state index contributed by atoms with van der Waals surface area (Å²) in [6.07, 6.45) is 2.82. The van der Waals surface area contributed by atoms with Gasteiger partial charge in [-0.15, -0.1) is 0 Å². The fraction of sp³-hybridized carbons (Fsp3) is 0.500. The summed E-state index contributed by atoms with van der Waals surface area (Å²) in [4.78, 5) is 0. The lowest BCUT2D eigenvalue weighted by molar-refractivity contribution is 0.00714. The van der Waals surface area contributed by atoms with Gasteiger partial charge in [-0.3, -0.25) is 0 Å². The number of nitrogens with two attached hydrogens (primary N) is 1. The van der Waals surface area contributed by atoms with Gasteiger partial charge in [0.15, 0.2) is 0 Å². The van der Waals surface area contributed by atoms with Crippen LogP contribution in [0, 0.1) is 5.82 Å². The Hall–Kier alpha value is -1.29. The second kappa shape index (κ2) is 4.70. The van der Waals surface area contributed by atoms with Gasteiger partial charge in [-0.1, -0.05) is 6.42 Å². The lowest BCUT2D eigenvalue weighted by Gasteiger charge is -2.28. The second-order valence-electron chi connectivity index (χ2n) is 4.19. The van der Waals surface area contributed by atoms with Gasteiger partial charge in [-0.2, -0.15) is 0 Å². The van der Waals surface area contributed by atoms with E-state index in [0.29, 0.717) is 11.4 Å². The first-order chi connectivity index (χ1) is 7.66. The molecule has 0 aliphatic heterocycles. The lowest BCUT2D eigenvalue weighted by atomic mass is 9.95. The molecule has 3 nitrogen and oxygen atoms in total. The Bertz CT molecular complexity index is 370. The number of nitrogen functional groups attached to an aromatic ring is 1. The van der Waals surface area contributed by atoms with Gasteiger partial charge in [-0.25, -0.2) is 4.39 Å². The Morgan fingerprint density at radius 1 is 1.31 bits per heavy atom.